The van der Waals surface area contributed by atoms with Crippen LogP contribution in [-0.2, 0) is 20.9 Å². The molecule has 2 rings (SSSR count). The minimum absolute atomic E-state index is 0.101. The lowest BCUT2D eigenvalue weighted by Gasteiger charge is -2.25. The Balaban J connectivity index is 1.87. The summed E-state index contributed by atoms with van der Waals surface area (Å²) in [5.41, 5.74) is 1.17. The smallest absolute Gasteiger partial charge is 0.407 e. The molecule has 0 unspecified atom stereocenters. The maximum atomic E-state index is 12.3. The highest BCUT2D eigenvalue weighted by Gasteiger charge is 2.27. The molecule has 7 nitrogen and oxygen atoms in total. The molecule has 3 N–H and O–H groups in total. The first-order valence-electron chi connectivity index (χ1n) is 10.3. The van der Waals surface area contributed by atoms with Gasteiger partial charge in [0.2, 0.25) is 11.8 Å². The van der Waals surface area contributed by atoms with Gasteiger partial charge in [-0.25, -0.2) is 4.79 Å². The predicted molar refractivity (Wildman–Crippen MR) is 122 cm³/mol. The number of likely N-dealkylation sites (N-methyl/N-ethyl adjacent to an activating group) is 1. The van der Waals surface area contributed by atoms with E-state index in [0.717, 1.165) is 11.1 Å². The topological polar surface area (TPSA) is 96.5 Å². The highest BCUT2D eigenvalue weighted by molar-refractivity contribution is 5.89. The van der Waals surface area contributed by atoms with Gasteiger partial charge in [0.25, 0.3) is 0 Å². The summed E-state index contributed by atoms with van der Waals surface area (Å²) in [4.78, 5) is 36.5. The predicted octanol–water partition coefficient (Wildman–Crippen LogP) is 2.61. The lowest BCUT2D eigenvalue weighted by atomic mass is 9.85. The van der Waals surface area contributed by atoms with Crippen LogP contribution in [0.3, 0.4) is 0 Å². The van der Waals surface area contributed by atoms with Crippen molar-refractivity contribution in [3.8, 4) is 11.8 Å². The van der Waals surface area contributed by atoms with Crippen LogP contribution in [-0.4, -0.2) is 37.5 Å². The zero-order valence-electron chi connectivity index (χ0n) is 18.6. The van der Waals surface area contributed by atoms with Crippen molar-refractivity contribution in [3.63, 3.8) is 0 Å². The summed E-state index contributed by atoms with van der Waals surface area (Å²) < 4.78 is 5.08. The molecule has 0 aliphatic rings. The van der Waals surface area contributed by atoms with E-state index in [4.69, 9.17) is 4.74 Å². The number of carbonyl (C=O) groups is 3. The second kappa shape index (κ2) is 12.2. The number of amides is 3. The van der Waals surface area contributed by atoms with Gasteiger partial charge in [-0.1, -0.05) is 60.4 Å². The number of alkyl carbamates (subject to hydrolysis) is 1. The molecule has 1 atom stereocenters. The third kappa shape index (κ3) is 8.92. The first-order valence-corrected chi connectivity index (χ1v) is 10.3. The van der Waals surface area contributed by atoms with Crippen LogP contribution < -0.4 is 16.0 Å². The summed E-state index contributed by atoms with van der Waals surface area (Å²) in [6, 6.07) is 18.0. The molecular weight excluding hydrogens is 406 g/mol. The number of hydrogen-bond donors (Lipinski definition) is 3. The fraction of sp³-hybridized carbons (Fsp3) is 0.320. The Bertz CT molecular complexity index is 963. The van der Waals surface area contributed by atoms with Gasteiger partial charge in [-0.2, -0.15) is 0 Å². The second-order valence-corrected chi connectivity index (χ2v) is 7.85. The van der Waals surface area contributed by atoms with Crippen molar-refractivity contribution >= 4 is 17.9 Å². The van der Waals surface area contributed by atoms with Crippen molar-refractivity contribution in [2.45, 2.75) is 32.9 Å². The average molecular weight is 436 g/mol. The van der Waals surface area contributed by atoms with Gasteiger partial charge < -0.3 is 20.7 Å². The number of nitrogens with one attached hydrogen (secondary N) is 3. The van der Waals surface area contributed by atoms with Crippen molar-refractivity contribution in [1.29, 1.82) is 0 Å². The van der Waals surface area contributed by atoms with Crippen molar-refractivity contribution in [2.24, 2.45) is 5.41 Å². The van der Waals surface area contributed by atoms with E-state index in [-0.39, 0.29) is 19.1 Å². The van der Waals surface area contributed by atoms with E-state index in [1.165, 1.54) is 7.05 Å². The van der Waals surface area contributed by atoms with Crippen LogP contribution in [0.5, 0.6) is 0 Å². The largest absolute Gasteiger partial charge is 0.445 e. The Morgan fingerprint density at radius 2 is 1.62 bits per heavy atom. The molecule has 0 aliphatic heterocycles. The molecule has 0 spiro atoms. The van der Waals surface area contributed by atoms with E-state index in [1.807, 2.05) is 74.5 Å². The van der Waals surface area contributed by atoms with Gasteiger partial charge in [0.1, 0.15) is 19.2 Å². The molecule has 2 aromatic rings. The molecule has 0 aliphatic carbocycles. The van der Waals surface area contributed by atoms with E-state index >= 15 is 0 Å². The van der Waals surface area contributed by atoms with Crippen LogP contribution in [0.2, 0.25) is 0 Å². The van der Waals surface area contributed by atoms with Gasteiger partial charge in [0.15, 0.2) is 0 Å². The van der Waals surface area contributed by atoms with Crippen LogP contribution >= 0.6 is 0 Å². The number of benzene rings is 2. The third-order valence-corrected chi connectivity index (χ3v) is 4.54. The van der Waals surface area contributed by atoms with E-state index in [0.29, 0.717) is 6.42 Å². The molecule has 3 amide bonds. The summed E-state index contributed by atoms with van der Waals surface area (Å²) in [7, 11) is 1.50. The molecular formula is C25H29N3O4. The Kier molecular flexibility index (Phi) is 9.30. The van der Waals surface area contributed by atoms with Gasteiger partial charge in [-0.3, -0.25) is 9.59 Å². The molecule has 0 saturated carbocycles. The highest BCUT2D eigenvalue weighted by Crippen LogP contribution is 2.21. The fourth-order valence-electron chi connectivity index (χ4n) is 2.88. The quantitative estimate of drug-likeness (QED) is 0.556. The first-order chi connectivity index (χ1) is 15.3. The van der Waals surface area contributed by atoms with Crippen molar-refractivity contribution < 1.29 is 19.1 Å². The third-order valence-electron chi connectivity index (χ3n) is 4.54. The summed E-state index contributed by atoms with van der Waals surface area (Å²) in [6.07, 6.45) is -0.411. The Morgan fingerprint density at radius 3 is 2.25 bits per heavy atom. The van der Waals surface area contributed by atoms with E-state index in [2.05, 4.69) is 27.8 Å². The Labute approximate surface area is 188 Å². The molecule has 0 bridgehead atoms. The lowest BCUT2D eigenvalue weighted by molar-refractivity contribution is -0.128. The van der Waals surface area contributed by atoms with Crippen LogP contribution in [0.1, 0.15) is 31.4 Å². The van der Waals surface area contributed by atoms with Crippen LogP contribution in [0, 0.1) is 17.3 Å². The van der Waals surface area contributed by atoms with Gasteiger partial charge in [0.05, 0.1) is 0 Å². The van der Waals surface area contributed by atoms with Crippen molar-refractivity contribution in [3.05, 3.63) is 71.8 Å². The monoisotopic (exact) mass is 435 g/mol. The normalized spacial score (nSPS) is 11.3. The van der Waals surface area contributed by atoms with Crippen LogP contribution in [0.15, 0.2) is 60.7 Å². The fourth-order valence-corrected chi connectivity index (χ4v) is 2.88. The van der Waals surface area contributed by atoms with Crippen molar-refractivity contribution in [1.82, 2.24) is 16.0 Å². The molecule has 2 aromatic carbocycles. The number of ether oxygens (including phenoxy) is 1. The molecule has 7 heteroatoms. The molecule has 168 valence electrons. The summed E-state index contributed by atoms with van der Waals surface area (Å²) in [5.74, 6) is 5.44. The minimum atomic E-state index is -0.797. The van der Waals surface area contributed by atoms with Gasteiger partial charge in [-0.15, -0.1) is 0 Å². The molecule has 0 saturated heterocycles. The molecule has 32 heavy (non-hydrogen) atoms. The van der Waals surface area contributed by atoms with E-state index < -0.39 is 23.5 Å². The van der Waals surface area contributed by atoms with E-state index in [9.17, 15) is 14.4 Å². The van der Waals surface area contributed by atoms with Crippen LogP contribution in [0.25, 0.3) is 0 Å². The summed E-state index contributed by atoms with van der Waals surface area (Å²) in [6.45, 7) is 3.61. The van der Waals surface area contributed by atoms with Gasteiger partial charge >= 0.3 is 6.09 Å². The number of carbonyl (C=O) groups excluding carboxylic acids is 3. The lowest BCUT2D eigenvalue weighted by Crippen LogP contribution is -2.50. The molecule has 0 heterocycles. The first kappa shape index (κ1) is 24.5. The van der Waals surface area contributed by atoms with E-state index in [1.54, 1.807) is 0 Å². The number of rotatable bonds is 8. The Morgan fingerprint density at radius 1 is 1.00 bits per heavy atom. The minimum Gasteiger partial charge on any atom is -0.445 e. The maximum absolute atomic E-state index is 12.3. The highest BCUT2D eigenvalue weighted by atomic mass is 16.5. The van der Waals surface area contributed by atoms with Gasteiger partial charge in [0, 0.05) is 18.0 Å². The maximum Gasteiger partial charge on any atom is 0.407 e. The molecule has 0 fully saturated rings. The molecule has 0 aromatic heterocycles. The standard InChI is InChI=1S/C25H29N3O4/c1-25(2,15-14-19-10-6-4-7-11-19)16-21(23(30)26-3)28-22(29)17-27-24(31)32-18-20-12-8-5-9-13-20/h4-13,21H,16-18H2,1-3H3,(H,26,30)(H,27,31)(H,28,29)/t21-/m0/s1. The SMILES string of the molecule is CNC(=O)[C@H](CC(C)(C)C#Cc1ccccc1)NC(=O)CNC(=O)OCc1ccccc1. The number of hydrogen-bond acceptors (Lipinski definition) is 4. The average Bonchev–Trinajstić information content (AvgIpc) is 2.80. The zero-order valence-corrected chi connectivity index (χ0v) is 18.6. The zero-order chi connectivity index (χ0) is 23.4. The van der Waals surface area contributed by atoms with Gasteiger partial charge in [-0.05, 0) is 38.0 Å². The summed E-state index contributed by atoms with van der Waals surface area (Å²) >= 11 is 0. The molecule has 0 radical (unpaired) electrons. The van der Waals surface area contributed by atoms with Crippen molar-refractivity contribution in [2.75, 3.05) is 13.6 Å². The Hall–Kier alpha value is -3.79. The van der Waals surface area contributed by atoms with Crippen LogP contribution in [0.4, 0.5) is 4.79 Å². The summed E-state index contributed by atoms with van der Waals surface area (Å²) in [5, 5.41) is 7.61. The second-order valence-electron chi connectivity index (χ2n) is 7.85.